The summed E-state index contributed by atoms with van der Waals surface area (Å²) >= 11 is 12.0. The van der Waals surface area contributed by atoms with E-state index in [1.807, 2.05) is 0 Å². The summed E-state index contributed by atoms with van der Waals surface area (Å²) in [4.78, 5) is 0. The number of thiol groups is 4. The van der Waals surface area contributed by atoms with E-state index in [1.165, 1.54) is 0 Å². The molecule has 0 aliphatic carbocycles. The molecule has 0 saturated heterocycles. The molecule has 6 nitrogen and oxygen atoms in total. The molecular formula is C7H15BrN6S4. The van der Waals surface area contributed by atoms with Gasteiger partial charge in [0.25, 0.3) is 0 Å². The van der Waals surface area contributed by atoms with Gasteiger partial charge in [-0.15, -0.1) is 46.4 Å². The molecule has 104 valence electrons. The molecule has 0 bridgehead atoms. The van der Waals surface area contributed by atoms with Crippen LogP contribution in [0, 0.1) is 0 Å². The van der Waals surface area contributed by atoms with Gasteiger partial charge in [0, 0.05) is 5.25 Å². The van der Waals surface area contributed by atoms with E-state index in [0.29, 0.717) is 10.4 Å². The maximum atomic E-state index is 6.07. The lowest BCUT2D eigenvalue weighted by atomic mass is 10.6. The van der Waals surface area contributed by atoms with E-state index in [4.69, 9.17) is 11.5 Å². The number of nitrogens with two attached hydrogens (primary N) is 2. The first-order chi connectivity index (χ1) is 8.41. The Labute approximate surface area is 131 Å². The van der Waals surface area contributed by atoms with Crippen molar-refractivity contribution in [1.29, 1.82) is 0 Å². The molecule has 4 unspecified atom stereocenters. The second-order valence-electron chi connectivity index (χ2n) is 3.83. The average molecular weight is 391 g/mol. The smallest absolute Gasteiger partial charge is 0.166 e. The van der Waals surface area contributed by atoms with Crippen molar-refractivity contribution in [1.82, 2.24) is 4.03 Å². The van der Waals surface area contributed by atoms with Gasteiger partial charge in [-0.3, -0.25) is 0 Å². The Hall–Kier alpha value is 0.450. The number of hydrogen-bond acceptors (Lipinski definition) is 6. The number of rotatable bonds is 3. The van der Waals surface area contributed by atoms with E-state index in [2.05, 4.69) is 63.6 Å². The van der Waals surface area contributed by atoms with Gasteiger partial charge in [0.2, 0.25) is 0 Å². The molecule has 2 aliphatic rings. The fourth-order valence-corrected chi connectivity index (χ4v) is 8.61. The van der Waals surface area contributed by atoms with E-state index in [0.717, 1.165) is 14.5 Å². The largest absolute Gasteiger partial charge is 0.378 e. The van der Waals surface area contributed by atoms with Crippen molar-refractivity contribution in [3.8, 4) is 0 Å². The third-order valence-electron chi connectivity index (χ3n) is 2.59. The lowest BCUT2D eigenvalue weighted by Crippen LogP contribution is -2.31. The summed E-state index contributed by atoms with van der Waals surface area (Å²) in [6, 6.07) is 0. The second-order valence-corrected chi connectivity index (χ2v) is 10.9. The molecule has 0 amide bonds. The zero-order valence-corrected chi connectivity index (χ0v) is 14.6. The highest BCUT2D eigenvalue weighted by Gasteiger charge is 2.33. The van der Waals surface area contributed by atoms with Crippen LogP contribution in [-0.4, -0.2) is 34.5 Å². The first kappa shape index (κ1) is 14.9. The maximum absolute atomic E-state index is 6.07. The molecule has 0 aromatic heterocycles. The van der Waals surface area contributed by atoms with Crippen LogP contribution in [0.3, 0.4) is 0 Å². The minimum Gasteiger partial charge on any atom is -0.378 e. The van der Waals surface area contributed by atoms with Crippen LogP contribution >= 0.6 is 63.2 Å². The van der Waals surface area contributed by atoms with Gasteiger partial charge in [0.05, 0.1) is 16.1 Å². The van der Waals surface area contributed by atoms with Crippen LogP contribution in [0.15, 0.2) is 15.3 Å². The maximum Gasteiger partial charge on any atom is 0.166 e. The zero-order valence-electron chi connectivity index (χ0n) is 9.47. The van der Waals surface area contributed by atoms with Crippen molar-refractivity contribution in [3.05, 3.63) is 0 Å². The normalized spacial score (nSPS) is 37.3. The standard InChI is InChI=1S/C7H15BrN6S4/c1-3(18-4(9)11-12-6(18)15)2-17-5(10)14(8)13-7(17)16/h3,5,17-18H,2,10H2,1H3,(H2,9,11)(H,12,15)(H,13,16). The Morgan fingerprint density at radius 1 is 1.44 bits per heavy atom. The van der Waals surface area contributed by atoms with Crippen molar-refractivity contribution in [2.45, 2.75) is 17.7 Å². The number of hydrazone groups is 1. The lowest BCUT2D eigenvalue weighted by molar-refractivity contribution is 0.512. The predicted molar refractivity (Wildman–Crippen MR) is 95.5 cm³/mol. The summed E-state index contributed by atoms with van der Waals surface area (Å²) in [6.45, 7) is 2.12. The fourth-order valence-electron chi connectivity index (χ4n) is 1.71. The molecule has 18 heavy (non-hydrogen) atoms. The van der Waals surface area contributed by atoms with E-state index >= 15 is 0 Å². The number of halogens is 1. The SMILES string of the molecule is CC(C[SH]1C(S)=NN(Br)C1N)[SH]1C(N)=NN=C1S. The van der Waals surface area contributed by atoms with E-state index in [1.54, 1.807) is 4.03 Å². The van der Waals surface area contributed by atoms with Crippen LogP contribution < -0.4 is 11.5 Å². The Balaban J connectivity index is 2.05. The lowest BCUT2D eigenvalue weighted by Gasteiger charge is -2.29. The van der Waals surface area contributed by atoms with Gasteiger partial charge in [-0.1, -0.05) is 6.92 Å². The van der Waals surface area contributed by atoms with Crippen LogP contribution in [0.5, 0.6) is 0 Å². The summed E-state index contributed by atoms with van der Waals surface area (Å²) in [5.74, 6) is 0.891. The fraction of sp³-hybridized carbons (Fsp3) is 0.571. The highest BCUT2D eigenvalue weighted by atomic mass is 79.9. The van der Waals surface area contributed by atoms with Gasteiger partial charge in [-0.2, -0.15) is 16.0 Å². The molecule has 0 spiro atoms. The minimum absolute atomic E-state index is 0.147. The van der Waals surface area contributed by atoms with Crippen molar-refractivity contribution in [3.63, 3.8) is 0 Å². The summed E-state index contributed by atoms with van der Waals surface area (Å²) in [5, 5.41) is 12.9. The van der Waals surface area contributed by atoms with Crippen LogP contribution in [-0.2, 0) is 0 Å². The molecule has 2 heterocycles. The summed E-state index contributed by atoms with van der Waals surface area (Å²) in [7, 11) is -1.33. The Kier molecular flexibility index (Phi) is 4.81. The van der Waals surface area contributed by atoms with Crippen LogP contribution in [0.25, 0.3) is 0 Å². The first-order valence-electron chi connectivity index (χ1n) is 5.06. The molecule has 0 saturated carbocycles. The third kappa shape index (κ3) is 2.80. The highest BCUT2D eigenvalue weighted by Crippen LogP contribution is 2.47. The van der Waals surface area contributed by atoms with Crippen LogP contribution in [0.4, 0.5) is 0 Å². The molecule has 0 aromatic rings. The Morgan fingerprint density at radius 3 is 2.56 bits per heavy atom. The molecular weight excluding hydrogens is 376 g/mol. The van der Waals surface area contributed by atoms with E-state index < -0.39 is 21.8 Å². The van der Waals surface area contributed by atoms with Gasteiger partial charge in [0.15, 0.2) is 5.17 Å². The summed E-state index contributed by atoms with van der Waals surface area (Å²) in [6.07, 6.45) is 0. The molecule has 0 fully saturated rings. The van der Waals surface area contributed by atoms with Gasteiger partial charge >= 0.3 is 0 Å². The Morgan fingerprint density at radius 2 is 2.11 bits per heavy atom. The topological polar surface area (TPSA) is 92.4 Å². The zero-order chi connectivity index (χ0) is 13.4. The number of hydrogen-bond donors (Lipinski definition) is 6. The van der Waals surface area contributed by atoms with Gasteiger partial charge < -0.3 is 11.5 Å². The predicted octanol–water partition coefficient (Wildman–Crippen LogP) is 0.975. The van der Waals surface area contributed by atoms with Crippen LogP contribution in [0.1, 0.15) is 6.92 Å². The minimum atomic E-state index is -0.717. The molecule has 2 rings (SSSR count). The first-order valence-corrected chi connectivity index (χ1v) is 9.67. The van der Waals surface area contributed by atoms with Crippen molar-refractivity contribution in [2.24, 2.45) is 26.8 Å². The van der Waals surface area contributed by atoms with Crippen LogP contribution in [0.2, 0.25) is 0 Å². The molecule has 11 heteroatoms. The summed E-state index contributed by atoms with van der Waals surface area (Å²) < 4.78 is 3.11. The van der Waals surface area contributed by atoms with Crippen molar-refractivity contribution >= 4 is 77.1 Å². The quantitative estimate of drug-likeness (QED) is 0.320. The third-order valence-corrected chi connectivity index (χ3v) is 9.95. The average Bonchev–Trinajstić information content (AvgIpc) is 2.74. The molecule has 0 aromatic carbocycles. The molecule has 0 radical (unpaired) electrons. The number of nitrogens with zero attached hydrogens (tertiary/aromatic N) is 4. The van der Waals surface area contributed by atoms with Gasteiger partial charge in [-0.25, -0.2) is 4.03 Å². The Bertz CT molecular complexity index is 422. The van der Waals surface area contributed by atoms with Crippen molar-refractivity contribution < 1.29 is 0 Å². The van der Waals surface area contributed by atoms with Gasteiger partial charge in [-0.05, 0) is 5.75 Å². The summed E-state index contributed by atoms with van der Waals surface area (Å²) in [5.41, 5.74) is 11.8. The molecule has 4 atom stereocenters. The molecule has 2 aliphatic heterocycles. The van der Waals surface area contributed by atoms with E-state index in [9.17, 15) is 0 Å². The highest BCUT2D eigenvalue weighted by molar-refractivity contribution is 9.07. The van der Waals surface area contributed by atoms with Crippen molar-refractivity contribution in [2.75, 3.05) is 5.75 Å². The second kappa shape index (κ2) is 5.83. The van der Waals surface area contributed by atoms with Gasteiger partial charge in [0.1, 0.15) is 14.2 Å². The molecule has 4 N–H and O–H groups in total. The van der Waals surface area contributed by atoms with E-state index in [-0.39, 0.29) is 5.50 Å². The number of amidine groups is 1. The monoisotopic (exact) mass is 390 g/mol.